The summed E-state index contributed by atoms with van der Waals surface area (Å²) >= 11 is 0. The van der Waals surface area contributed by atoms with Gasteiger partial charge in [-0.15, -0.1) is 0 Å². The highest BCUT2D eigenvalue weighted by atomic mass is 16.7. The fourth-order valence-corrected chi connectivity index (χ4v) is 5.40. The average Bonchev–Trinajstić information content (AvgIpc) is 3.55. The molecule has 0 fully saturated rings. The molecule has 1 amide bonds. The molecular formula is C37H39N5O6. The summed E-state index contributed by atoms with van der Waals surface area (Å²) < 4.78 is 10.7. The number of nitrogens with one attached hydrogen (secondary N) is 1. The molecule has 0 spiro atoms. The summed E-state index contributed by atoms with van der Waals surface area (Å²) in [5.41, 5.74) is 10.3. The third kappa shape index (κ3) is 6.78. The molecule has 0 bridgehead atoms. The van der Waals surface area contributed by atoms with Gasteiger partial charge in [-0.1, -0.05) is 80.1 Å². The number of esters is 1. The second kappa shape index (κ2) is 15.4. The fourth-order valence-electron chi connectivity index (χ4n) is 5.40. The van der Waals surface area contributed by atoms with Crippen molar-refractivity contribution in [3.8, 4) is 16.9 Å². The van der Waals surface area contributed by atoms with E-state index in [1.165, 1.54) is 11.2 Å². The molecule has 248 valence electrons. The number of hydrazone groups is 1. The number of amides is 1. The van der Waals surface area contributed by atoms with Crippen molar-refractivity contribution < 1.29 is 28.7 Å². The standard InChI is InChI=1S/C37H39N5O6/c1-4-6-23-48-42(35(44)28-15-11-8-12-16-28)33-30(27-13-9-7-10-14-27)21-22-31(32(33)38)34(43)37(36(45)47-5-2)25-39-40-41(37)24-26-17-19-29(46-3)20-18-26/h7-22,25,40H,4-6,23-24,38H2,1-3H3. The number of nitrogens with two attached hydrogens (primary N) is 1. The summed E-state index contributed by atoms with van der Waals surface area (Å²) in [6.45, 7) is 4.02. The van der Waals surface area contributed by atoms with E-state index in [0.717, 1.165) is 22.6 Å². The molecule has 11 heteroatoms. The van der Waals surface area contributed by atoms with Crippen molar-refractivity contribution in [1.82, 2.24) is 10.5 Å². The zero-order valence-corrected chi connectivity index (χ0v) is 27.2. The van der Waals surface area contributed by atoms with Crippen LogP contribution >= 0.6 is 0 Å². The van der Waals surface area contributed by atoms with Crippen LogP contribution in [-0.4, -0.2) is 54.7 Å². The van der Waals surface area contributed by atoms with Crippen molar-refractivity contribution in [1.29, 1.82) is 0 Å². The van der Waals surface area contributed by atoms with E-state index in [-0.39, 0.29) is 36.7 Å². The number of nitrogen functional groups attached to an aromatic ring is 1. The van der Waals surface area contributed by atoms with E-state index in [2.05, 4.69) is 10.6 Å². The van der Waals surface area contributed by atoms with Crippen molar-refractivity contribution in [3.63, 3.8) is 0 Å². The summed E-state index contributed by atoms with van der Waals surface area (Å²) in [6.07, 6.45) is 2.73. The number of carbonyl (C=O) groups is 3. The first-order valence-corrected chi connectivity index (χ1v) is 15.8. The van der Waals surface area contributed by atoms with Gasteiger partial charge >= 0.3 is 5.97 Å². The number of carbonyl (C=O) groups excluding carboxylic acids is 3. The maximum Gasteiger partial charge on any atom is 0.342 e. The topological polar surface area (TPSA) is 136 Å². The van der Waals surface area contributed by atoms with Crippen LogP contribution in [0.4, 0.5) is 11.4 Å². The monoisotopic (exact) mass is 649 g/mol. The van der Waals surface area contributed by atoms with Gasteiger partial charge in [0.05, 0.1) is 32.2 Å². The van der Waals surface area contributed by atoms with E-state index in [9.17, 15) is 14.4 Å². The maximum absolute atomic E-state index is 14.8. The third-order valence-corrected chi connectivity index (χ3v) is 7.96. The minimum absolute atomic E-state index is 0.0161. The number of hydrogen-bond acceptors (Lipinski definition) is 10. The lowest BCUT2D eigenvalue weighted by Gasteiger charge is -2.33. The molecule has 3 N–H and O–H groups in total. The van der Waals surface area contributed by atoms with Crippen molar-refractivity contribution in [3.05, 3.63) is 114 Å². The van der Waals surface area contributed by atoms with Crippen LogP contribution < -0.4 is 21.1 Å². The van der Waals surface area contributed by atoms with Gasteiger partial charge in [0.1, 0.15) is 11.4 Å². The number of unbranched alkanes of at least 4 members (excludes halogenated alkanes) is 1. The lowest BCUT2D eigenvalue weighted by atomic mass is 9.86. The van der Waals surface area contributed by atoms with Gasteiger partial charge in [0.2, 0.25) is 11.3 Å². The molecule has 1 heterocycles. The number of Topliss-reactive ketones (excluding diaryl/α,β-unsaturated/α-hetero) is 1. The summed E-state index contributed by atoms with van der Waals surface area (Å²) in [7, 11) is 1.57. The highest BCUT2D eigenvalue weighted by Crippen LogP contribution is 2.41. The Morgan fingerprint density at radius 1 is 0.917 bits per heavy atom. The van der Waals surface area contributed by atoms with Gasteiger partial charge < -0.3 is 15.2 Å². The molecule has 11 nitrogen and oxygen atoms in total. The highest BCUT2D eigenvalue weighted by molar-refractivity contribution is 6.30. The minimum Gasteiger partial charge on any atom is -0.497 e. The van der Waals surface area contributed by atoms with Crippen LogP contribution in [0.2, 0.25) is 0 Å². The van der Waals surface area contributed by atoms with E-state index < -0.39 is 23.2 Å². The molecule has 1 unspecified atom stereocenters. The normalized spacial score (nSPS) is 15.5. The van der Waals surface area contributed by atoms with E-state index in [4.69, 9.17) is 20.0 Å². The molecule has 48 heavy (non-hydrogen) atoms. The van der Waals surface area contributed by atoms with Crippen molar-refractivity contribution >= 4 is 35.2 Å². The van der Waals surface area contributed by atoms with Gasteiger partial charge in [0.15, 0.2) is 0 Å². The fraction of sp³-hybridized carbons (Fsp3) is 0.243. The van der Waals surface area contributed by atoms with Gasteiger partial charge in [0, 0.05) is 23.2 Å². The lowest BCUT2D eigenvalue weighted by Crippen LogP contribution is -2.61. The van der Waals surface area contributed by atoms with Gasteiger partial charge in [-0.25, -0.2) is 10.3 Å². The number of methoxy groups -OCH3 is 1. The Kier molecular flexibility index (Phi) is 10.8. The molecule has 0 saturated carbocycles. The molecule has 1 aliphatic heterocycles. The van der Waals surface area contributed by atoms with Crippen molar-refractivity contribution in [2.45, 2.75) is 38.8 Å². The van der Waals surface area contributed by atoms with Crippen molar-refractivity contribution in [2.24, 2.45) is 5.10 Å². The number of nitrogens with zero attached hydrogens (tertiary/aromatic N) is 3. The molecule has 1 aliphatic rings. The SMILES string of the molecule is CCCCON(C(=O)c1ccccc1)c1c(-c2ccccc2)ccc(C(=O)C2(C(=O)OCC)C=NNN2Cc2ccc(OC)cc2)c1N. The largest absolute Gasteiger partial charge is 0.497 e. The van der Waals surface area contributed by atoms with Gasteiger partial charge in [-0.05, 0) is 54.8 Å². The number of benzene rings is 4. The Bertz CT molecular complexity index is 1760. The number of hydroxylamine groups is 1. The van der Waals surface area contributed by atoms with Gasteiger partial charge in [-0.2, -0.15) is 15.2 Å². The molecule has 0 aromatic heterocycles. The Hall–Kier alpha value is -5.52. The molecule has 1 atom stereocenters. The van der Waals surface area contributed by atoms with Crippen LogP contribution in [0.1, 0.15) is 53.0 Å². The molecule has 4 aromatic carbocycles. The Morgan fingerprint density at radius 3 is 2.25 bits per heavy atom. The van der Waals surface area contributed by atoms with Gasteiger partial charge in [0.25, 0.3) is 5.91 Å². The third-order valence-electron chi connectivity index (χ3n) is 7.96. The van der Waals surface area contributed by atoms with Gasteiger partial charge in [-0.3, -0.25) is 14.4 Å². The average molecular weight is 650 g/mol. The number of ether oxygens (including phenoxy) is 2. The van der Waals surface area contributed by atoms with E-state index in [1.807, 2.05) is 55.5 Å². The first kappa shape index (κ1) is 33.8. The predicted octanol–water partition coefficient (Wildman–Crippen LogP) is 5.81. The van der Waals surface area contributed by atoms with Crippen molar-refractivity contribution in [2.75, 3.05) is 31.1 Å². The number of anilines is 2. The van der Waals surface area contributed by atoms with Crippen LogP contribution in [0.15, 0.2) is 102 Å². The Balaban J connectivity index is 1.67. The number of hydrogen-bond donors (Lipinski definition) is 2. The summed E-state index contributed by atoms with van der Waals surface area (Å²) in [5.74, 6) is -1.33. The summed E-state index contributed by atoms with van der Waals surface area (Å²) in [4.78, 5) is 48.9. The second-order valence-corrected chi connectivity index (χ2v) is 11.0. The van der Waals surface area contributed by atoms with Crippen LogP contribution in [-0.2, 0) is 20.9 Å². The first-order valence-electron chi connectivity index (χ1n) is 15.8. The number of ketones is 1. The molecule has 0 radical (unpaired) electrons. The van der Waals surface area contributed by atoms with Crippen LogP contribution in [0.3, 0.4) is 0 Å². The summed E-state index contributed by atoms with van der Waals surface area (Å²) in [6, 6.07) is 28.5. The minimum atomic E-state index is -2.02. The zero-order valence-electron chi connectivity index (χ0n) is 27.2. The predicted molar refractivity (Wildman–Crippen MR) is 184 cm³/mol. The Labute approximate surface area is 279 Å². The molecule has 0 aliphatic carbocycles. The zero-order chi connectivity index (χ0) is 34.1. The van der Waals surface area contributed by atoms with Crippen LogP contribution in [0.25, 0.3) is 11.1 Å². The highest BCUT2D eigenvalue weighted by Gasteiger charge is 2.55. The Morgan fingerprint density at radius 2 is 1.60 bits per heavy atom. The second-order valence-electron chi connectivity index (χ2n) is 11.0. The van der Waals surface area contributed by atoms with Crippen LogP contribution in [0, 0.1) is 0 Å². The van der Waals surface area contributed by atoms with E-state index in [0.29, 0.717) is 23.3 Å². The quantitative estimate of drug-likeness (QED) is 0.0433. The number of rotatable bonds is 14. The molecule has 5 rings (SSSR count). The number of hydrazine groups is 1. The lowest BCUT2D eigenvalue weighted by molar-refractivity contribution is -0.151. The van der Waals surface area contributed by atoms with E-state index in [1.54, 1.807) is 62.6 Å². The summed E-state index contributed by atoms with van der Waals surface area (Å²) in [5, 5.41) is 6.71. The molecule has 4 aromatic rings. The molecular weight excluding hydrogens is 610 g/mol. The molecule has 0 saturated heterocycles. The van der Waals surface area contributed by atoms with Crippen LogP contribution in [0.5, 0.6) is 5.75 Å². The maximum atomic E-state index is 14.8. The first-order chi connectivity index (χ1) is 23.3. The van der Waals surface area contributed by atoms with E-state index >= 15 is 0 Å². The smallest absolute Gasteiger partial charge is 0.342 e.